The molecule has 0 saturated heterocycles. The molecule has 6 heteroatoms. The van der Waals surface area contributed by atoms with Crippen molar-refractivity contribution in [3.63, 3.8) is 0 Å². The molecule has 0 aliphatic heterocycles. The summed E-state index contributed by atoms with van der Waals surface area (Å²) in [6, 6.07) is 19.6. The van der Waals surface area contributed by atoms with E-state index in [1.165, 1.54) is 6.07 Å². The zero-order valence-corrected chi connectivity index (χ0v) is 17.5. The summed E-state index contributed by atoms with van der Waals surface area (Å²) in [5.74, 6) is -0.266. The molecule has 0 heterocycles. The molecule has 0 spiro atoms. The number of carbonyl (C=O) groups excluding carboxylic acids is 1. The van der Waals surface area contributed by atoms with Gasteiger partial charge in [-0.1, -0.05) is 42.5 Å². The zero-order chi connectivity index (χ0) is 21.0. The van der Waals surface area contributed by atoms with Gasteiger partial charge in [0.25, 0.3) is 15.9 Å². The van der Waals surface area contributed by atoms with E-state index < -0.39 is 10.0 Å². The maximum atomic E-state index is 12.9. The van der Waals surface area contributed by atoms with Crippen LogP contribution in [-0.2, 0) is 16.6 Å². The van der Waals surface area contributed by atoms with Gasteiger partial charge in [0.15, 0.2) is 0 Å². The van der Waals surface area contributed by atoms with Crippen LogP contribution in [0.25, 0.3) is 0 Å². The highest BCUT2D eigenvalue weighted by Crippen LogP contribution is 2.23. The lowest BCUT2D eigenvalue weighted by molar-refractivity contribution is 0.0951. The van der Waals surface area contributed by atoms with Crippen molar-refractivity contribution < 1.29 is 13.2 Å². The molecule has 0 bridgehead atoms. The Hall–Kier alpha value is -3.12. The van der Waals surface area contributed by atoms with Crippen molar-refractivity contribution in [1.29, 1.82) is 0 Å². The van der Waals surface area contributed by atoms with Crippen molar-refractivity contribution in [2.24, 2.45) is 0 Å². The van der Waals surface area contributed by atoms with E-state index in [1.807, 2.05) is 50.2 Å². The van der Waals surface area contributed by atoms with Crippen LogP contribution >= 0.6 is 0 Å². The Morgan fingerprint density at radius 1 is 0.828 bits per heavy atom. The normalized spacial score (nSPS) is 11.1. The minimum atomic E-state index is -3.76. The molecule has 3 rings (SSSR count). The van der Waals surface area contributed by atoms with Crippen LogP contribution in [0.4, 0.5) is 5.69 Å². The Morgan fingerprint density at radius 3 is 2.24 bits per heavy atom. The van der Waals surface area contributed by atoms with E-state index in [4.69, 9.17) is 0 Å². The van der Waals surface area contributed by atoms with Gasteiger partial charge < -0.3 is 5.32 Å². The molecule has 3 aromatic rings. The summed E-state index contributed by atoms with van der Waals surface area (Å²) in [5.41, 5.74) is 4.34. The number of amides is 1. The Balaban J connectivity index is 1.77. The lowest BCUT2D eigenvalue weighted by atomic mass is 10.1. The molecule has 0 aromatic heterocycles. The molecule has 3 aromatic carbocycles. The second kappa shape index (κ2) is 8.49. The third-order valence-electron chi connectivity index (χ3n) is 4.75. The number of nitrogens with one attached hydrogen (secondary N) is 2. The fourth-order valence-electron chi connectivity index (χ4n) is 3.04. The lowest BCUT2D eigenvalue weighted by Crippen LogP contribution is -2.23. The quantitative estimate of drug-likeness (QED) is 0.637. The van der Waals surface area contributed by atoms with Crippen molar-refractivity contribution in [3.05, 3.63) is 94.5 Å². The summed E-state index contributed by atoms with van der Waals surface area (Å²) < 4.78 is 28.3. The van der Waals surface area contributed by atoms with Gasteiger partial charge in [-0.05, 0) is 67.3 Å². The van der Waals surface area contributed by atoms with Gasteiger partial charge in [0.2, 0.25) is 0 Å². The van der Waals surface area contributed by atoms with E-state index in [1.54, 1.807) is 31.2 Å². The number of sulfonamides is 1. The van der Waals surface area contributed by atoms with Gasteiger partial charge in [-0.25, -0.2) is 8.42 Å². The molecule has 5 nitrogen and oxygen atoms in total. The summed E-state index contributed by atoms with van der Waals surface area (Å²) in [7, 11) is -3.76. The molecule has 0 radical (unpaired) electrons. The standard InChI is InChI=1S/C23H24N2O3S/c1-16-12-18(3)22(13-17(16)2)29(27,28)25-21-11-7-10-20(14-21)23(26)24-15-19-8-5-4-6-9-19/h4-14,25H,15H2,1-3H3,(H,24,26). The topological polar surface area (TPSA) is 75.3 Å². The molecule has 150 valence electrons. The van der Waals surface area contributed by atoms with Gasteiger partial charge >= 0.3 is 0 Å². The fraction of sp³-hybridized carbons (Fsp3) is 0.174. The zero-order valence-electron chi connectivity index (χ0n) is 16.7. The number of aryl methyl sites for hydroxylation is 3. The predicted molar refractivity (Wildman–Crippen MR) is 116 cm³/mol. The first-order valence-electron chi connectivity index (χ1n) is 9.29. The summed E-state index contributed by atoms with van der Waals surface area (Å²) in [6.07, 6.45) is 0. The lowest BCUT2D eigenvalue weighted by Gasteiger charge is -2.13. The van der Waals surface area contributed by atoms with E-state index >= 15 is 0 Å². The van der Waals surface area contributed by atoms with Crippen LogP contribution in [0.1, 0.15) is 32.6 Å². The van der Waals surface area contributed by atoms with Crippen LogP contribution in [0.3, 0.4) is 0 Å². The summed E-state index contributed by atoms with van der Waals surface area (Å²) in [6.45, 7) is 6.00. The Bertz CT molecular complexity index is 1140. The first kappa shape index (κ1) is 20.6. The fourth-order valence-corrected chi connectivity index (χ4v) is 4.40. The SMILES string of the molecule is Cc1cc(C)c(S(=O)(=O)Nc2cccc(C(=O)NCc3ccccc3)c2)cc1C. The van der Waals surface area contributed by atoms with Gasteiger partial charge in [0.05, 0.1) is 4.90 Å². The summed E-state index contributed by atoms with van der Waals surface area (Å²) in [4.78, 5) is 12.7. The molecule has 0 unspecified atom stereocenters. The smallest absolute Gasteiger partial charge is 0.262 e. The van der Waals surface area contributed by atoms with Crippen LogP contribution in [0.2, 0.25) is 0 Å². The second-order valence-electron chi connectivity index (χ2n) is 7.06. The number of carbonyl (C=O) groups is 1. The van der Waals surface area contributed by atoms with Crippen LogP contribution in [-0.4, -0.2) is 14.3 Å². The maximum Gasteiger partial charge on any atom is 0.262 e. The van der Waals surface area contributed by atoms with Gasteiger partial charge in [-0.2, -0.15) is 0 Å². The number of anilines is 1. The Morgan fingerprint density at radius 2 is 1.52 bits per heavy atom. The van der Waals surface area contributed by atoms with Crippen molar-refractivity contribution in [3.8, 4) is 0 Å². The van der Waals surface area contributed by atoms with Gasteiger partial charge in [0, 0.05) is 17.8 Å². The highest BCUT2D eigenvalue weighted by atomic mass is 32.2. The molecule has 0 aliphatic carbocycles. The molecule has 0 saturated carbocycles. The van der Waals surface area contributed by atoms with E-state index in [9.17, 15) is 13.2 Å². The van der Waals surface area contributed by atoms with E-state index in [2.05, 4.69) is 10.0 Å². The highest BCUT2D eigenvalue weighted by molar-refractivity contribution is 7.92. The van der Waals surface area contributed by atoms with E-state index in [0.717, 1.165) is 16.7 Å². The average molecular weight is 409 g/mol. The molecule has 0 atom stereocenters. The first-order valence-corrected chi connectivity index (χ1v) is 10.8. The maximum absolute atomic E-state index is 12.9. The second-order valence-corrected chi connectivity index (χ2v) is 8.71. The Labute approximate surface area is 171 Å². The highest BCUT2D eigenvalue weighted by Gasteiger charge is 2.18. The van der Waals surface area contributed by atoms with Crippen molar-refractivity contribution >= 4 is 21.6 Å². The van der Waals surface area contributed by atoms with Crippen LogP contribution in [0, 0.1) is 20.8 Å². The molecule has 2 N–H and O–H groups in total. The largest absolute Gasteiger partial charge is 0.348 e. The van der Waals surface area contributed by atoms with Crippen molar-refractivity contribution in [1.82, 2.24) is 5.32 Å². The molecular formula is C23H24N2O3S. The minimum Gasteiger partial charge on any atom is -0.348 e. The van der Waals surface area contributed by atoms with Crippen LogP contribution < -0.4 is 10.0 Å². The third-order valence-corrected chi connectivity index (χ3v) is 6.28. The number of rotatable bonds is 6. The van der Waals surface area contributed by atoms with E-state index in [-0.39, 0.29) is 10.8 Å². The number of hydrogen-bond donors (Lipinski definition) is 2. The molecule has 1 amide bonds. The number of benzene rings is 3. The van der Waals surface area contributed by atoms with Crippen molar-refractivity contribution in [2.75, 3.05) is 4.72 Å². The van der Waals surface area contributed by atoms with Gasteiger partial charge in [0.1, 0.15) is 0 Å². The molecular weight excluding hydrogens is 384 g/mol. The summed E-state index contributed by atoms with van der Waals surface area (Å²) in [5, 5.41) is 2.84. The monoisotopic (exact) mass is 408 g/mol. The Kier molecular flexibility index (Phi) is 6.03. The first-order chi connectivity index (χ1) is 13.8. The molecule has 29 heavy (non-hydrogen) atoms. The van der Waals surface area contributed by atoms with Crippen molar-refractivity contribution in [2.45, 2.75) is 32.2 Å². The molecule has 0 fully saturated rings. The average Bonchev–Trinajstić information content (AvgIpc) is 2.69. The van der Waals surface area contributed by atoms with Gasteiger partial charge in [-0.15, -0.1) is 0 Å². The predicted octanol–water partition coefficient (Wildman–Crippen LogP) is 4.34. The summed E-state index contributed by atoms with van der Waals surface area (Å²) >= 11 is 0. The third kappa shape index (κ3) is 5.03. The van der Waals surface area contributed by atoms with Crippen LogP contribution in [0.15, 0.2) is 71.6 Å². The van der Waals surface area contributed by atoms with Gasteiger partial charge in [-0.3, -0.25) is 9.52 Å². The number of hydrogen-bond acceptors (Lipinski definition) is 3. The van der Waals surface area contributed by atoms with E-state index in [0.29, 0.717) is 23.4 Å². The minimum absolute atomic E-state index is 0.236. The molecule has 0 aliphatic rings. The van der Waals surface area contributed by atoms with Crippen LogP contribution in [0.5, 0.6) is 0 Å².